The second-order valence-corrected chi connectivity index (χ2v) is 17.2. The summed E-state index contributed by atoms with van der Waals surface area (Å²) in [6, 6.07) is 0. The topological polar surface area (TPSA) is 91.7 Å². The molecule has 0 bridgehead atoms. The number of rotatable bonds is 12. The van der Waals surface area contributed by atoms with Crippen LogP contribution < -0.4 is 5.32 Å². The van der Waals surface area contributed by atoms with Crippen LogP contribution in [0.3, 0.4) is 0 Å². The molecule has 290 valence electrons. The molecule has 1 heterocycles. The first-order chi connectivity index (χ1) is 25.2. The second-order valence-electron chi connectivity index (χ2n) is 16.1. The molecular weight excluding hydrogens is 712 g/mol. The number of aliphatic hydroxyl groups is 2. The summed E-state index contributed by atoms with van der Waals surface area (Å²) in [5.41, 5.74) is 0.953. The molecule has 53 heavy (non-hydrogen) atoms. The zero-order valence-corrected chi connectivity index (χ0v) is 31.6. The van der Waals surface area contributed by atoms with Gasteiger partial charge in [-0.15, -0.1) is 11.3 Å². The maximum atomic E-state index is 14.5. The number of thiazole rings is 1. The van der Waals surface area contributed by atoms with Gasteiger partial charge < -0.3 is 14.9 Å². The van der Waals surface area contributed by atoms with Crippen LogP contribution in [0, 0.1) is 52.3 Å². The molecule has 1 amide bonds. The zero-order valence-electron chi connectivity index (χ0n) is 30.8. The van der Waals surface area contributed by atoms with Crippen LogP contribution >= 0.6 is 11.3 Å². The number of allylic oxidation sites excluding steroid dienone is 3. The molecule has 4 saturated carbocycles. The molecule has 4 fully saturated rings. The molecule has 3 N–H and O–H groups in total. The predicted molar refractivity (Wildman–Crippen MR) is 195 cm³/mol. The molecule has 0 unspecified atom stereocenters. The molecule has 6 rings (SSSR count). The first kappa shape index (κ1) is 39.6. The van der Waals surface area contributed by atoms with Gasteiger partial charge in [-0.05, 0) is 111 Å². The van der Waals surface area contributed by atoms with Crippen molar-refractivity contribution >= 4 is 23.1 Å². The number of ether oxygens (including phenoxy) is 1. The summed E-state index contributed by atoms with van der Waals surface area (Å²) in [5.74, 6) is -9.86. The van der Waals surface area contributed by atoms with Crippen molar-refractivity contribution in [3.63, 3.8) is 0 Å². The lowest BCUT2D eigenvalue weighted by atomic mass is 9.60. The highest BCUT2D eigenvalue weighted by atomic mass is 32.1. The Balaban J connectivity index is 1.20. The van der Waals surface area contributed by atoms with E-state index in [9.17, 15) is 37.0 Å². The summed E-state index contributed by atoms with van der Waals surface area (Å²) in [5, 5.41) is 23.2. The van der Waals surface area contributed by atoms with Gasteiger partial charge in [-0.1, -0.05) is 51.5 Å². The number of hydrogen-bond donors (Lipinski definition) is 3. The normalized spacial score (nSPS) is 29.3. The fourth-order valence-corrected chi connectivity index (χ4v) is 10.8. The number of aryl methyl sites for hydroxylation is 1. The molecule has 4 aliphatic rings. The molecule has 0 radical (unpaired) electrons. The molecule has 0 aliphatic heterocycles. The monoisotopic (exact) mass is 762 g/mol. The number of fused-ring (bicyclic) bond motifs is 1. The van der Waals surface area contributed by atoms with Gasteiger partial charge in [0.05, 0.1) is 17.6 Å². The minimum Gasteiger partial charge on any atom is -0.445 e. The van der Waals surface area contributed by atoms with Crippen molar-refractivity contribution in [1.29, 1.82) is 0 Å². The van der Waals surface area contributed by atoms with Crippen LogP contribution in [0.4, 0.5) is 32.4 Å². The molecule has 7 atom stereocenters. The molecule has 2 aromatic rings. The number of carbonyl (C=O) groups is 1. The lowest BCUT2D eigenvalue weighted by Gasteiger charge is -2.44. The van der Waals surface area contributed by atoms with Crippen molar-refractivity contribution in [2.45, 2.75) is 134 Å². The number of halogens is 5. The van der Waals surface area contributed by atoms with E-state index in [2.05, 4.69) is 33.4 Å². The van der Waals surface area contributed by atoms with Gasteiger partial charge in [0.1, 0.15) is 16.8 Å². The van der Waals surface area contributed by atoms with Crippen LogP contribution in [-0.2, 0) is 16.6 Å². The van der Waals surface area contributed by atoms with E-state index in [0.717, 1.165) is 66.8 Å². The van der Waals surface area contributed by atoms with E-state index in [1.165, 1.54) is 5.57 Å². The van der Waals surface area contributed by atoms with Crippen LogP contribution in [0.15, 0.2) is 41.6 Å². The van der Waals surface area contributed by atoms with Crippen molar-refractivity contribution in [1.82, 2.24) is 4.98 Å². The van der Waals surface area contributed by atoms with E-state index >= 15 is 0 Å². The largest absolute Gasteiger partial charge is 0.445 e. The van der Waals surface area contributed by atoms with Crippen molar-refractivity contribution in [2.24, 2.45) is 23.2 Å². The number of amides is 1. The number of hydrogen-bond acceptors (Lipinski definition) is 6. The fourth-order valence-electron chi connectivity index (χ4n) is 9.53. The highest BCUT2D eigenvalue weighted by molar-refractivity contribution is 7.11. The van der Waals surface area contributed by atoms with Crippen LogP contribution in [0.2, 0.25) is 0 Å². The van der Waals surface area contributed by atoms with Gasteiger partial charge in [-0.25, -0.2) is 31.7 Å². The Labute approximate surface area is 312 Å². The first-order valence-electron chi connectivity index (χ1n) is 19.1. The van der Waals surface area contributed by atoms with Crippen LogP contribution in [0.5, 0.6) is 0 Å². The first-order valence-corrected chi connectivity index (χ1v) is 19.9. The number of aromatic nitrogens is 1. The molecule has 1 aromatic heterocycles. The van der Waals surface area contributed by atoms with Gasteiger partial charge in [0, 0.05) is 17.5 Å². The standard InChI is InChI=1S/C41H51F5N2O4S/c1-5-6-9-27-21-47-38(53-27)41(17-18-41)31(52-39(51)48-37-35(45)33(43)32(42)34(44)36(37)46)15-10-22(2)28-13-14-29-24(8-7-16-40(28,29)4)11-12-25-19-26(49)20-30(50)23(25)3/h11-12,21-22,26,28-31,49-50H,3,5-10,13-20H2,1-2,4H3,(H,48,51)/b24-11+,25-12-/t22-,26-,28-,29+,30+,31+,40-/m1/s1. The Morgan fingerprint density at radius 2 is 1.77 bits per heavy atom. The highest BCUT2D eigenvalue weighted by Gasteiger charge is 2.56. The lowest BCUT2D eigenvalue weighted by molar-refractivity contribution is 0.0590. The Morgan fingerprint density at radius 3 is 2.45 bits per heavy atom. The van der Waals surface area contributed by atoms with Gasteiger partial charge in [0.25, 0.3) is 0 Å². The zero-order chi connectivity index (χ0) is 38.2. The summed E-state index contributed by atoms with van der Waals surface area (Å²) < 4.78 is 76.5. The molecular formula is C41H51F5N2O4S. The average Bonchev–Trinajstić information content (AvgIpc) is 3.65. The Bertz CT molecular complexity index is 1740. The number of nitrogens with one attached hydrogen (secondary N) is 1. The Kier molecular flexibility index (Phi) is 11.9. The minimum atomic E-state index is -2.30. The van der Waals surface area contributed by atoms with Gasteiger partial charge in [-0.2, -0.15) is 0 Å². The second kappa shape index (κ2) is 15.9. The molecule has 4 aliphatic carbocycles. The average molecular weight is 763 g/mol. The number of unbranched alkanes of at least 4 members (excludes halogenated alkanes) is 1. The lowest BCUT2D eigenvalue weighted by Crippen LogP contribution is -2.37. The van der Waals surface area contributed by atoms with Gasteiger partial charge in [-0.3, -0.25) is 5.32 Å². The third-order valence-electron chi connectivity index (χ3n) is 12.7. The number of aliphatic hydroxyl groups excluding tert-OH is 2. The Hall–Kier alpha value is -3.09. The third-order valence-corrected chi connectivity index (χ3v) is 14.0. The highest BCUT2D eigenvalue weighted by Crippen LogP contribution is 2.61. The fraction of sp³-hybridized carbons (Fsp3) is 0.610. The Morgan fingerprint density at radius 1 is 1.08 bits per heavy atom. The van der Waals surface area contributed by atoms with Crippen molar-refractivity contribution in [2.75, 3.05) is 5.32 Å². The van der Waals surface area contributed by atoms with Crippen LogP contribution in [0.1, 0.15) is 114 Å². The van der Waals surface area contributed by atoms with E-state index < -0.39 is 64.6 Å². The smallest absolute Gasteiger partial charge is 0.412 e. The number of nitrogens with zero attached hydrogens (tertiary/aromatic N) is 1. The van der Waals surface area contributed by atoms with Crippen molar-refractivity contribution < 1.29 is 41.7 Å². The number of carbonyl (C=O) groups excluding carboxylic acids is 1. The maximum absolute atomic E-state index is 14.5. The summed E-state index contributed by atoms with van der Waals surface area (Å²) in [6.07, 6.45) is 14.1. The van der Waals surface area contributed by atoms with Crippen LogP contribution in [-0.4, -0.2) is 39.6 Å². The molecule has 0 spiro atoms. The number of benzene rings is 1. The summed E-state index contributed by atoms with van der Waals surface area (Å²) in [6.45, 7) is 10.8. The van der Waals surface area contributed by atoms with Crippen molar-refractivity contribution in [3.8, 4) is 0 Å². The van der Waals surface area contributed by atoms with Gasteiger partial charge in [0.15, 0.2) is 23.3 Å². The maximum Gasteiger partial charge on any atom is 0.412 e. The van der Waals surface area contributed by atoms with Gasteiger partial charge >= 0.3 is 6.09 Å². The quantitative estimate of drug-likeness (QED) is 0.114. The van der Waals surface area contributed by atoms with E-state index in [4.69, 9.17) is 9.72 Å². The summed E-state index contributed by atoms with van der Waals surface area (Å²) in [7, 11) is 0. The van der Waals surface area contributed by atoms with E-state index in [1.807, 2.05) is 17.6 Å². The molecule has 12 heteroatoms. The van der Waals surface area contributed by atoms with Crippen LogP contribution in [0.25, 0.3) is 0 Å². The minimum absolute atomic E-state index is 0.0465. The third kappa shape index (κ3) is 7.87. The SMILES string of the molecule is C=C1/C(=C\C=C2/CCC[C@]3(C)[C@@H]([C@H](C)CC[C@H](OC(=O)Nc4c(F)c(F)c(F)c(F)c4F)C4(c5ncc(CCCC)s5)CC4)CC[C@@H]23)C[C@@H](O)C[C@@H]1O. The van der Waals surface area contributed by atoms with Gasteiger partial charge in [0.2, 0.25) is 5.82 Å². The summed E-state index contributed by atoms with van der Waals surface area (Å²) >= 11 is 1.57. The summed E-state index contributed by atoms with van der Waals surface area (Å²) in [4.78, 5) is 19.1. The molecule has 0 saturated heterocycles. The van der Waals surface area contributed by atoms with Crippen molar-refractivity contribution in [3.05, 3.63) is 80.6 Å². The number of anilines is 1. The van der Waals surface area contributed by atoms with E-state index in [1.54, 1.807) is 11.3 Å². The van der Waals surface area contributed by atoms with E-state index in [0.29, 0.717) is 55.9 Å². The molecule has 6 nitrogen and oxygen atoms in total. The van der Waals surface area contributed by atoms with E-state index in [-0.39, 0.29) is 11.3 Å². The predicted octanol–water partition coefficient (Wildman–Crippen LogP) is 10.4. The molecule has 1 aromatic carbocycles.